The molecular formula is C11H14F2N2OS. The predicted octanol–water partition coefficient (Wildman–Crippen LogP) is 0.992. The van der Waals surface area contributed by atoms with Gasteiger partial charge in [-0.05, 0) is 17.7 Å². The molecule has 2 N–H and O–H groups in total. The van der Waals surface area contributed by atoms with E-state index in [-0.39, 0.29) is 12.2 Å². The summed E-state index contributed by atoms with van der Waals surface area (Å²) in [5.74, 6) is -0.286. The zero-order chi connectivity index (χ0) is 12.4. The first kappa shape index (κ1) is 12.4. The van der Waals surface area contributed by atoms with Crippen molar-refractivity contribution in [3.8, 4) is 0 Å². The summed E-state index contributed by atoms with van der Waals surface area (Å²) in [4.78, 5) is 1.60. The lowest BCUT2D eigenvalue weighted by Crippen LogP contribution is -2.38. The average Bonchev–Trinajstić information content (AvgIpc) is 2.30. The van der Waals surface area contributed by atoms with Gasteiger partial charge in [0.05, 0.1) is 0 Å². The Balaban J connectivity index is 2.29. The number of nitrogens with two attached hydrogens (primary N) is 1. The maximum absolute atomic E-state index is 13.8. The Kier molecular flexibility index (Phi) is 3.73. The van der Waals surface area contributed by atoms with Gasteiger partial charge in [0.15, 0.2) is 0 Å². The molecule has 1 saturated heterocycles. The fraction of sp³-hybridized carbons (Fsp3) is 0.455. The standard InChI is InChI=1S/C11H14F2N2OS/c12-9-5-8(7-14)6-10(13)11(9)15-1-3-17(16)4-2-15/h5-6H,1-4,7,14H2. The van der Waals surface area contributed by atoms with E-state index < -0.39 is 22.4 Å². The lowest BCUT2D eigenvalue weighted by Gasteiger charge is -2.29. The average molecular weight is 260 g/mol. The molecule has 0 atom stereocenters. The summed E-state index contributed by atoms with van der Waals surface area (Å²) in [5.41, 5.74) is 5.75. The van der Waals surface area contributed by atoms with E-state index in [1.807, 2.05) is 0 Å². The van der Waals surface area contributed by atoms with Crippen molar-refractivity contribution in [1.29, 1.82) is 0 Å². The van der Waals surface area contributed by atoms with Crippen molar-refractivity contribution in [3.63, 3.8) is 0 Å². The third-order valence-electron chi connectivity index (χ3n) is 2.81. The number of hydrogen-bond donors (Lipinski definition) is 1. The quantitative estimate of drug-likeness (QED) is 0.862. The van der Waals surface area contributed by atoms with E-state index >= 15 is 0 Å². The van der Waals surface area contributed by atoms with E-state index in [0.717, 1.165) is 0 Å². The van der Waals surface area contributed by atoms with Crippen LogP contribution in [0.1, 0.15) is 5.56 Å². The van der Waals surface area contributed by atoms with E-state index in [2.05, 4.69) is 0 Å². The zero-order valence-corrected chi connectivity index (χ0v) is 10.1. The van der Waals surface area contributed by atoms with Crippen molar-refractivity contribution < 1.29 is 13.0 Å². The number of benzene rings is 1. The predicted molar refractivity (Wildman–Crippen MR) is 64.3 cm³/mol. The number of nitrogens with zero attached hydrogens (tertiary/aromatic N) is 1. The normalized spacial score (nSPS) is 17.5. The molecule has 2 rings (SSSR count). The third kappa shape index (κ3) is 2.63. The number of halogens is 2. The first-order valence-electron chi connectivity index (χ1n) is 5.39. The van der Waals surface area contributed by atoms with E-state index in [1.54, 1.807) is 4.90 Å². The van der Waals surface area contributed by atoms with Crippen LogP contribution in [0.5, 0.6) is 0 Å². The molecule has 0 aliphatic carbocycles. The number of rotatable bonds is 2. The summed E-state index contributed by atoms with van der Waals surface area (Å²) in [6, 6.07) is 2.51. The molecule has 1 aromatic carbocycles. The molecule has 3 nitrogen and oxygen atoms in total. The van der Waals surface area contributed by atoms with Gasteiger partial charge in [-0.2, -0.15) is 0 Å². The van der Waals surface area contributed by atoms with Crippen LogP contribution in [0, 0.1) is 11.6 Å². The Morgan fingerprint density at radius 1 is 1.24 bits per heavy atom. The molecular weight excluding hydrogens is 246 g/mol. The lowest BCUT2D eigenvalue weighted by molar-refractivity contribution is 0.569. The highest BCUT2D eigenvalue weighted by atomic mass is 32.2. The second-order valence-electron chi connectivity index (χ2n) is 3.95. The minimum atomic E-state index is -0.860. The van der Waals surface area contributed by atoms with Gasteiger partial charge in [0.2, 0.25) is 0 Å². The summed E-state index contributed by atoms with van der Waals surface area (Å²) >= 11 is 0. The van der Waals surface area contributed by atoms with Crippen molar-refractivity contribution in [2.75, 3.05) is 29.5 Å². The van der Waals surface area contributed by atoms with Gasteiger partial charge in [0, 0.05) is 41.9 Å². The third-order valence-corrected chi connectivity index (χ3v) is 4.08. The van der Waals surface area contributed by atoms with Crippen LogP contribution < -0.4 is 10.6 Å². The molecule has 0 spiro atoms. The van der Waals surface area contributed by atoms with Gasteiger partial charge in [-0.1, -0.05) is 0 Å². The SMILES string of the molecule is NCc1cc(F)c(N2CCS(=O)CC2)c(F)c1. The van der Waals surface area contributed by atoms with Crippen LogP contribution in [0.25, 0.3) is 0 Å². The molecule has 1 fully saturated rings. The highest BCUT2D eigenvalue weighted by Gasteiger charge is 2.22. The van der Waals surface area contributed by atoms with Crippen molar-refractivity contribution in [2.45, 2.75) is 6.54 Å². The van der Waals surface area contributed by atoms with E-state index in [0.29, 0.717) is 30.2 Å². The Labute approximate surface area is 101 Å². The van der Waals surface area contributed by atoms with Crippen LogP contribution >= 0.6 is 0 Å². The summed E-state index contributed by atoms with van der Waals surface area (Å²) in [7, 11) is -0.860. The largest absolute Gasteiger partial charge is 0.365 e. The molecule has 0 unspecified atom stereocenters. The van der Waals surface area contributed by atoms with Gasteiger partial charge >= 0.3 is 0 Å². The monoisotopic (exact) mass is 260 g/mol. The van der Waals surface area contributed by atoms with Crippen LogP contribution in [0.15, 0.2) is 12.1 Å². The molecule has 0 bridgehead atoms. The molecule has 0 aromatic heterocycles. The fourth-order valence-corrected chi connectivity index (χ4v) is 2.95. The lowest BCUT2D eigenvalue weighted by atomic mass is 10.1. The summed E-state index contributed by atoms with van der Waals surface area (Å²) in [6.07, 6.45) is 0. The molecule has 1 aliphatic rings. The van der Waals surface area contributed by atoms with Crippen LogP contribution in [0.4, 0.5) is 14.5 Å². The van der Waals surface area contributed by atoms with E-state index in [4.69, 9.17) is 5.73 Å². The van der Waals surface area contributed by atoms with Gasteiger partial charge in [0.1, 0.15) is 17.3 Å². The van der Waals surface area contributed by atoms with E-state index in [9.17, 15) is 13.0 Å². The van der Waals surface area contributed by atoms with E-state index in [1.165, 1.54) is 12.1 Å². The molecule has 94 valence electrons. The van der Waals surface area contributed by atoms with Crippen molar-refractivity contribution >= 4 is 16.5 Å². The van der Waals surface area contributed by atoms with Gasteiger partial charge in [-0.25, -0.2) is 8.78 Å². The minimum absolute atomic E-state index is 0.0288. The summed E-state index contributed by atoms with van der Waals surface area (Å²) < 4.78 is 38.7. The first-order chi connectivity index (χ1) is 8.11. The molecule has 6 heteroatoms. The number of anilines is 1. The van der Waals surface area contributed by atoms with Crippen LogP contribution in [-0.4, -0.2) is 28.8 Å². The zero-order valence-electron chi connectivity index (χ0n) is 9.29. The molecule has 0 saturated carbocycles. The maximum Gasteiger partial charge on any atom is 0.149 e. The van der Waals surface area contributed by atoms with Gasteiger partial charge in [0.25, 0.3) is 0 Å². The Morgan fingerprint density at radius 3 is 2.24 bits per heavy atom. The molecule has 1 aliphatic heterocycles. The molecule has 1 heterocycles. The minimum Gasteiger partial charge on any atom is -0.365 e. The molecule has 0 amide bonds. The fourth-order valence-electron chi connectivity index (χ4n) is 1.90. The van der Waals surface area contributed by atoms with Crippen LogP contribution in [0.2, 0.25) is 0 Å². The van der Waals surface area contributed by atoms with Gasteiger partial charge in [-0.3, -0.25) is 4.21 Å². The Morgan fingerprint density at radius 2 is 1.76 bits per heavy atom. The highest BCUT2D eigenvalue weighted by Crippen LogP contribution is 2.25. The highest BCUT2D eigenvalue weighted by molar-refractivity contribution is 7.85. The smallest absolute Gasteiger partial charge is 0.149 e. The molecule has 0 radical (unpaired) electrons. The number of hydrogen-bond acceptors (Lipinski definition) is 3. The Hall–Kier alpha value is -1.01. The second kappa shape index (κ2) is 5.10. The van der Waals surface area contributed by atoms with Gasteiger partial charge in [-0.15, -0.1) is 0 Å². The van der Waals surface area contributed by atoms with Crippen LogP contribution in [0.3, 0.4) is 0 Å². The first-order valence-corrected chi connectivity index (χ1v) is 6.88. The van der Waals surface area contributed by atoms with Gasteiger partial charge < -0.3 is 10.6 Å². The topological polar surface area (TPSA) is 46.3 Å². The second-order valence-corrected chi connectivity index (χ2v) is 5.64. The summed E-state index contributed by atoms with van der Waals surface area (Å²) in [5, 5.41) is 0. The van der Waals surface area contributed by atoms with Crippen molar-refractivity contribution in [2.24, 2.45) is 5.73 Å². The maximum atomic E-state index is 13.8. The summed E-state index contributed by atoms with van der Waals surface area (Å²) in [6.45, 7) is 0.947. The molecule has 1 aromatic rings. The van der Waals surface area contributed by atoms with Crippen LogP contribution in [-0.2, 0) is 17.3 Å². The van der Waals surface area contributed by atoms with Crippen molar-refractivity contribution in [3.05, 3.63) is 29.3 Å². The Bertz CT molecular complexity index is 420. The van der Waals surface area contributed by atoms with Crippen molar-refractivity contribution in [1.82, 2.24) is 0 Å². The molecule has 17 heavy (non-hydrogen) atoms.